The molecule has 32 heavy (non-hydrogen) atoms. The second kappa shape index (κ2) is 9.41. The number of carbonyl (C=O) groups excluding carboxylic acids is 2. The van der Waals surface area contributed by atoms with Crippen LogP contribution in [0, 0.1) is 5.82 Å². The van der Waals surface area contributed by atoms with Crippen molar-refractivity contribution in [3.05, 3.63) is 93.9 Å². The molecule has 0 radical (unpaired) electrons. The summed E-state index contributed by atoms with van der Waals surface area (Å²) in [4.78, 5) is 41.4. The predicted octanol–water partition coefficient (Wildman–Crippen LogP) is 3.55. The van der Waals surface area contributed by atoms with Crippen molar-refractivity contribution in [1.82, 2.24) is 15.3 Å². The Labute approximate surface area is 178 Å². The molecule has 0 bridgehead atoms. The number of H-pyrrole nitrogens is 1. The van der Waals surface area contributed by atoms with E-state index in [9.17, 15) is 31.9 Å². The number of alkyl halides is 3. The molecule has 1 aliphatic carbocycles. The van der Waals surface area contributed by atoms with E-state index >= 15 is 0 Å². The van der Waals surface area contributed by atoms with Gasteiger partial charge in [-0.25, -0.2) is 4.39 Å². The lowest BCUT2D eigenvalue weighted by Crippen LogP contribution is -2.28. The minimum atomic E-state index is -4.85. The Bertz CT molecular complexity index is 1170. The molecule has 1 aromatic carbocycles. The summed E-state index contributed by atoms with van der Waals surface area (Å²) in [5.41, 5.74) is 1.21. The number of carbonyl (C=O) groups is 2. The third-order valence-corrected chi connectivity index (χ3v) is 4.27. The topological polar surface area (TPSA) is 101 Å². The smallest absolute Gasteiger partial charge is 0.403 e. The van der Waals surface area contributed by atoms with Gasteiger partial charge in [0.2, 0.25) is 5.56 Å². The van der Waals surface area contributed by atoms with Crippen molar-refractivity contribution >= 4 is 11.7 Å². The summed E-state index contributed by atoms with van der Waals surface area (Å²) in [5.74, 6) is -2.22. The molecule has 7 nitrogen and oxygen atoms in total. The minimum Gasteiger partial charge on any atom is -0.403 e. The fourth-order valence-corrected chi connectivity index (χ4v) is 2.89. The maximum absolute atomic E-state index is 12.5. The standard InChI is InChI=1S/C14H11N3O3.C7H4F4O/c18-11-6-10(13-9(11)2-1-5-15-13)17-14(20)8-3-4-12(19)16-7-8;8-5-3-1-2-4-6(5)12-7(9,10)11/h1-5,7,10H,6H2,(H,16,19)(H,17,20);1-4H. The quantitative estimate of drug-likeness (QED) is 0.596. The lowest BCUT2D eigenvalue weighted by Gasteiger charge is -2.12. The maximum atomic E-state index is 12.5. The first-order valence-corrected chi connectivity index (χ1v) is 9.12. The molecule has 2 N–H and O–H groups in total. The van der Waals surface area contributed by atoms with Crippen LogP contribution in [0.5, 0.6) is 5.75 Å². The molecule has 1 amide bonds. The molecule has 1 atom stereocenters. The summed E-state index contributed by atoms with van der Waals surface area (Å²) in [6, 6.07) is 10.0. The number of Topliss-reactive ketones (excluding diaryl/α,β-unsaturated/α-hetero) is 1. The molecule has 4 rings (SSSR count). The third-order valence-electron chi connectivity index (χ3n) is 4.27. The number of nitrogens with one attached hydrogen (secondary N) is 2. The molecule has 0 saturated carbocycles. The van der Waals surface area contributed by atoms with Crippen LogP contribution in [0.2, 0.25) is 0 Å². The number of hydrogen-bond acceptors (Lipinski definition) is 5. The normalized spacial score (nSPS) is 14.8. The summed E-state index contributed by atoms with van der Waals surface area (Å²) >= 11 is 0. The number of pyridine rings is 2. The van der Waals surface area contributed by atoms with E-state index in [0.717, 1.165) is 12.1 Å². The number of para-hydroxylation sites is 1. The summed E-state index contributed by atoms with van der Waals surface area (Å²) in [5, 5.41) is 2.76. The average Bonchev–Trinajstić information content (AvgIpc) is 3.05. The number of halogens is 4. The van der Waals surface area contributed by atoms with E-state index in [1.165, 1.54) is 30.5 Å². The molecule has 1 aliphatic rings. The second-order valence-electron chi connectivity index (χ2n) is 6.51. The highest BCUT2D eigenvalue weighted by molar-refractivity contribution is 6.02. The van der Waals surface area contributed by atoms with Gasteiger partial charge in [-0.1, -0.05) is 12.1 Å². The SMILES string of the molecule is Fc1ccccc1OC(F)(F)F.O=C(NC1CC(=O)c2cccnc21)c1ccc(=O)[nH]c1. The van der Waals surface area contributed by atoms with Gasteiger partial charge in [0.1, 0.15) is 0 Å². The van der Waals surface area contributed by atoms with E-state index in [4.69, 9.17) is 0 Å². The fourth-order valence-electron chi connectivity index (χ4n) is 2.89. The van der Waals surface area contributed by atoms with Gasteiger partial charge in [-0.3, -0.25) is 19.4 Å². The van der Waals surface area contributed by atoms with Crippen LogP contribution in [0.1, 0.15) is 38.9 Å². The maximum Gasteiger partial charge on any atom is 0.573 e. The fraction of sp³-hybridized carbons (Fsp3) is 0.143. The highest BCUT2D eigenvalue weighted by Gasteiger charge is 2.32. The van der Waals surface area contributed by atoms with Crippen LogP contribution >= 0.6 is 0 Å². The van der Waals surface area contributed by atoms with E-state index in [-0.39, 0.29) is 23.7 Å². The Kier molecular flexibility index (Phi) is 6.67. The molecule has 166 valence electrons. The van der Waals surface area contributed by atoms with Gasteiger partial charge in [0.25, 0.3) is 5.91 Å². The van der Waals surface area contributed by atoms with E-state index < -0.39 is 24.0 Å². The molecular weight excluding hydrogens is 434 g/mol. The van der Waals surface area contributed by atoms with Crippen LogP contribution < -0.4 is 15.6 Å². The molecule has 0 aliphatic heterocycles. The molecule has 1 unspecified atom stereocenters. The summed E-state index contributed by atoms with van der Waals surface area (Å²) in [6.07, 6.45) is -1.70. The molecule has 3 aromatic rings. The van der Waals surface area contributed by atoms with Crippen molar-refractivity contribution in [3.8, 4) is 5.75 Å². The zero-order chi connectivity index (χ0) is 23.3. The van der Waals surface area contributed by atoms with Crippen molar-refractivity contribution in [1.29, 1.82) is 0 Å². The van der Waals surface area contributed by atoms with Gasteiger partial charge in [-0.2, -0.15) is 0 Å². The Balaban J connectivity index is 0.000000207. The molecule has 2 aromatic heterocycles. The van der Waals surface area contributed by atoms with Crippen LogP contribution in [0.4, 0.5) is 17.6 Å². The van der Waals surface area contributed by atoms with E-state index in [1.54, 1.807) is 18.3 Å². The van der Waals surface area contributed by atoms with E-state index in [2.05, 4.69) is 20.0 Å². The molecule has 11 heteroatoms. The number of fused-ring (bicyclic) bond motifs is 1. The molecule has 2 heterocycles. The number of aromatic amines is 1. The van der Waals surface area contributed by atoms with Crippen molar-refractivity contribution in [2.75, 3.05) is 0 Å². The first-order chi connectivity index (χ1) is 15.1. The largest absolute Gasteiger partial charge is 0.573 e. The van der Waals surface area contributed by atoms with Gasteiger partial charge in [-0.15, -0.1) is 13.2 Å². The van der Waals surface area contributed by atoms with Crippen molar-refractivity contribution in [2.24, 2.45) is 0 Å². The molecule has 0 spiro atoms. The van der Waals surface area contributed by atoms with Crippen LogP contribution in [0.3, 0.4) is 0 Å². The minimum absolute atomic E-state index is 0.0279. The highest BCUT2D eigenvalue weighted by atomic mass is 19.4. The monoisotopic (exact) mass is 449 g/mol. The van der Waals surface area contributed by atoms with E-state index in [0.29, 0.717) is 16.8 Å². The third kappa shape index (κ3) is 5.78. The van der Waals surface area contributed by atoms with Crippen LogP contribution in [0.15, 0.2) is 65.7 Å². The summed E-state index contributed by atoms with van der Waals surface area (Å²) in [7, 11) is 0. The number of aromatic nitrogens is 2. The lowest BCUT2D eigenvalue weighted by molar-refractivity contribution is -0.275. The van der Waals surface area contributed by atoms with Gasteiger partial charge < -0.3 is 15.0 Å². The van der Waals surface area contributed by atoms with Crippen molar-refractivity contribution in [2.45, 2.75) is 18.8 Å². The summed E-state index contributed by atoms with van der Waals surface area (Å²) in [6.45, 7) is 0. The van der Waals surface area contributed by atoms with Gasteiger partial charge in [0, 0.05) is 30.4 Å². The molecular formula is C21H15F4N3O4. The first-order valence-electron chi connectivity index (χ1n) is 9.12. The van der Waals surface area contributed by atoms with Gasteiger partial charge >= 0.3 is 6.36 Å². The zero-order valence-electron chi connectivity index (χ0n) is 16.2. The van der Waals surface area contributed by atoms with Crippen LogP contribution in [-0.4, -0.2) is 28.0 Å². The Hall–Kier alpha value is -4.02. The number of benzene rings is 1. The average molecular weight is 449 g/mol. The Morgan fingerprint density at radius 3 is 2.50 bits per heavy atom. The number of ether oxygens (including phenoxy) is 1. The van der Waals surface area contributed by atoms with E-state index in [1.807, 2.05) is 0 Å². The van der Waals surface area contributed by atoms with Crippen LogP contribution in [0.25, 0.3) is 0 Å². The summed E-state index contributed by atoms with van der Waals surface area (Å²) < 4.78 is 50.4. The first kappa shape index (κ1) is 22.7. The Morgan fingerprint density at radius 2 is 1.84 bits per heavy atom. The second-order valence-corrected chi connectivity index (χ2v) is 6.51. The lowest BCUT2D eigenvalue weighted by atomic mass is 10.2. The zero-order valence-corrected chi connectivity index (χ0v) is 16.2. The number of hydrogen-bond donors (Lipinski definition) is 2. The highest BCUT2D eigenvalue weighted by Crippen LogP contribution is 2.29. The van der Waals surface area contributed by atoms with Crippen LogP contribution in [-0.2, 0) is 0 Å². The number of ketones is 1. The molecule has 0 fully saturated rings. The van der Waals surface area contributed by atoms with Gasteiger partial charge in [0.15, 0.2) is 17.3 Å². The number of nitrogens with zero attached hydrogens (tertiary/aromatic N) is 1. The molecule has 0 saturated heterocycles. The number of amides is 1. The van der Waals surface area contributed by atoms with Crippen molar-refractivity contribution < 1.29 is 31.9 Å². The van der Waals surface area contributed by atoms with Crippen molar-refractivity contribution in [3.63, 3.8) is 0 Å². The Morgan fingerprint density at radius 1 is 1.09 bits per heavy atom. The van der Waals surface area contributed by atoms with Gasteiger partial charge in [0.05, 0.1) is 17.3 Å². The predicted molar refractivity (Wildman–Crippen MR) is 104 cm³/mol. The van der Waals surface area contributed by atoms with Gasteiger partial charge in [-0.05, 0) is 30.3 Å². The number of rotatable bonds is 3.